The molecule has 4 rings (SSSR count). The van der Waals surface area contributed by atoms with Gasteiger partial charge in [0.05, 0.1) is 25.9 Å². The number of para-hydroxylation sites is 1. The summed E-state index contributed by atoms with van der Waals surface area (Å²) in [4.78, 5) is 24.2. The molecule has 0 aliphatic carbocycles. The number of hydrogen-bond acceptors (Lipinski definition) is 8. The van der Waals surface area contributed by atoms with Crippen LogP contribution in [-0.2, 0) is 32.2 Å². The Morgan fingerprint density at radius 1 is 0.927 bits per heavy atom. The number of aliphatic hydroxyl groups is 1. The number of benzene rings is 3. The summed E-state index contributed by atoms with van der Waals surface area (Å²) in [7, 11) is 1.67. The zero-order chi connectivity index (χ0) is 29.0. The Balaban J connectivity index is 1.40. The molecule has 3 aromatic carbocycles. The number of methoxy groups -OCH3 is 1. The molecule has 1 saturated heterocycles. The van der Waals surface area contributed by atoms with Gasteiger partial charge in [-0.25, -0.2) is 5.48 Å². The van der Waals surface area contributed by atoms with E-state index in [4.69, 9.17) is 19.4 Å². The molecule has 3 aromatic rings. The van der Waals surface area contributed by atoms with E-state index in [0.717, 1.165) is 38.7 Å². The number of hydrogen-bond donors (Lipinski definition) is 4. The van der Waals surface area contributed by atoms with E-state index in [1.807, 2.05) is 72.8 Å². The van der Waals surface area contributed by atoms with Crippen LogP contribution in [0.3, 0.4) is 0 Å². The molecule has 3 atom stereocenters. The molecule has 0 radical (unpaired) electrons. The third-order valence-electron chi connectivity index (χ3n) is 6.78. The molecule has 41 heavy (non-hydrogen) atoms. The molecule has 0 unspecified atom stereocenters. The van der Waals surface area contributed by atoms with Crippen LogP contribution in [0.2, 0.25) is 0 Å². The minimum absolute atomic E-state index is 0.0105. The Morgan fingerprint density at radius 3 is 2.32 bits per heavy atom. The van der Waals surface area contributed by atoms with E-state index in [1.165, 1.54) is 0 Å². The molecule has 1 fully saturated rings. The van der Waals surface area contributed by atoms with Gasteiger partial charge in [0.25, 0.3) is 0 Å². The van der Waals surface area contributed by atoms with Crippen LogP contribution in [0.1, 0.15) is 60.3 Å². The van der Waals surface area contributed by atoms with E-state index in [9.17, 15) is 14.7 Å². The normalized spacial score (nSPS) is 18.5. The Kier molecular flexibility index (Phi) is 11.6. The fourth-order valence-electron chi connectivity index (χ4n) is 4.49. The predicted molar refractivity (Wildman–Crippen MR) is 154 cm³/mol. The molecule has 10 heteroatoms. The summed E-state index contributed by atoms with van der Waals surface area (Å²) in [6.45, 7) is 0.346. The van der Waals surface area contributed by atoms with Crippen molar-refractivity contribution in [2.45, 2.75) is 62.2 Å². The second-order valence-electron chi connectivity index (χ2n) is 9.72. The van der Waals surface area contributed by atoms with E-state index >= 15 is 0 Å². The van der Waals surface area contributed by atoms with E-state index in [1.54, 1.807) is 24.4 Å². The summed E-state index contributed by atoms with van der Waals surface area (Å²) >= 11 is 1.69. The third kappa shape index (κ3) is 9.04. The predicted octanol–water partition coefficient (Wildman–Crippen LogP) is 4.82. The monoisotopic (exact) mass is 580 g/mol. The molecule has 1 aliphatic rings. The van der Waals surface area contributed by atoms with E-state index in [0.29, 0.717) is 19.4 Å². The Hall–Kier alpha value is -3.41. The van der Waals surface area contributed by atoms with Gasteiger partial charge < -0.3 is 24.6 Å². The Bertz CT molecular complexity index is 1270. The van der Waals surface area contributed by atoms with Gasteiger partial charge in [-0.05, 0) is 35.2 Å². The highest BCUT2D eigenvalue weighted by atomic mass is 32.2. The first-order valence-corrected chi connectivity index (χ1v) is 14.5. The first-order valence-electron chi connectivity index (χ1n) is 13.5. The van der Waals surface area contributed by atoms with Crippen LogP contribution >= 0.6 is 11.8 Å². The fraction of sp³-hybridized carbons (Fsp3) is 0.355. The van der Waals surface area contributed by atoms with Crippen LogP contribution in [0.5, 0.6) is 5.75 Å². The van der Waals surface area contributed by atoms with Crippen molar-refractivity contribution in [3.05, 3.63) is 95.1 Å². The third-order valence-corrected chi connectivity index (χ3v) is 7.97. The maximum atomic E-state index is 12.1. The SMILES string of the molecule is COc1ccccc1SC[C@@H]1C[C@H](c2ccc(CO)cc2)O[C@H](c2ccc(CNC(=O)CCCC(=O)NO)cc2)O1. The molecule has 4 N–H and O–H groups in total. The van der Waals surface area contributed by atoms with Gasteiger partial charge in [-0.2, -0.15) is 0 Å². The molecule has 1 heterocycles. The fourth-order valence-corrected chi connectivity index (χ4v) is 5.54. The summed E-state index contributed by atoms with van der Waals surface area (Å²) in [5.74, 6) is 0.876. The van der Waals surface area contributed by atoms with E-state index in [-0.39, 0.29) is 37.6 Å². The van der Waals surface area contributed by atoms with Crippen molar-refractivity contribution < 1.29 is 34.1 Å². The van der Waals surface area contributed by atoms with Crippen LogP contribution in [0.4, 0.5) is 0 Å². The lowest BCUT2D eigenvalue weighted by molar-refractivity contribution is -0.245. The van der Waals surface area contributed by atoms with Crippen LogP contribution in [-0.4, -0.2) is 41.1 Å². The minimum Gasteiger partial charge on any atom is -0.496 e. The van der Waals surface area contributed by atoms with Gasteiger partial charge in [0.1, 0.15) is 5.75 Å². The van der Waals surface area contributed by atoms with Crippen LogP contribution in [0.15, 0.2) is 77.7 Å². The van der Waals surface area contributed by atoms with E-state index < -0.39 is 12.2 Å². The zero-order valence-electron chi connectivity index (χ0n) is 23.0. The molecule has 9 nitrogen and oxygen atoms in total. The summed E-state index contributed by atoms with van der Waals surface area (Å²) in [6, 6.07) is 23.5. The number of ether oxygens (including phenoxy) is 3. The van der Waals surface area contributed by atoms with Gasteiger partial charge in [-0.15, -0.1) is 11.8 Å². The van der Waals surface area contributed by atoms with Crippen molar-refractivity contribution in [1.82, 2.24) is 10.8 Å². The number of nitrogens with one attached hydrogen (secondary N) is 2. The van der Waals surface area contributed by atoms with Crippen molar-refractivity contribution >= 4 is 23.6 Å². The lowest BCUT2D eigenvalue weighted by Crippen LogP contribution is -2.31. The number of rotatable bonds is 13. The number of carbonyl (C=O) groups excluding carboxylic acids is 2. The Labute approximate surface area is 244 Å². The molecule has 0 saturated carbocycles. The van der Waals surface area contributed by atoms with Gasteiger partial charge in [-0.3, -0.25) is 14.8 Å². The average molecular weight is 581 g/mol. The molecule has 218 valence electrons. The average Bonchev–Trinajstić information content (AvgIpc) is 3.03. The maximum Gasteiger partial charge on any atom is 0.243 e. The number of hydroxylamine groups is 1. The topological polar surface area (TPSA) is 126 Å². The summed E-state index contributed by atoms with van der Waals surface area (Å²) < 4.78 is 18.4. The van der Waals surface area contributed by atoms with Crippen molar-refractivity contribution in [1.29, 1.82) is 0 Å². The first kappa shape index (κ1) is 30.5. The number of carbonyl (C=O) groups is 2. The van der Waals surface area contributed by atoms with Gasteiger partial charge in [0.2, 0.25) is 11.8 Å². The summed E-state index contributed by atoms with van der Waals surface area (Å²) in [5, 5.41) is 20.8. The second kappa shape index (κ2) is 15.6. The first-order chi connectivity index (χ1) is 20.0. The number of aliphatic hydroxyl groups excluding tert-OH is 1. The van der Waals surface area contributed by atoms with Gasteiger partial charge >= 0.3 is 0 Å². The molecular weight excluding hydrogens is 544 g/mol. The highest BCUT2D eigenvalue weighted by molar-refractivity contribution is 7.99. The van der Waals surface area contributed by atoms with Gasteiger partial charge in [-0.1, -0.05) is 60.7 Å². The number of thioether (sulfide) groups is 1. The standard InChI is InChI=1S/C31H36N2O7S/c1-38-26-5-2-3-6-28(26)41-20-25-17-27(23-13-11-22(19-34)12-14-23)40-31(39-25)24-15-9-21(10-16-24)18-32-29(35)7-4-8-30(36)33-37/h2-3,5-6,9-16,25,27,31,34,37H,4,7-8,17-20H2,1H3,(H,32,35)(H,33,36)/t25-,27+,31+/m0/s1. The zero-order valence-corrected chi connectivity index (χ0v) is 23.8. The summed E-state index contributed by atoms with van der Waals surface area (Å²) in [6.07, 6.45) is 0.482. The molecular formula is C31H36N2O7S. The van der Waals surface area contributed by atoms with Crippen molar-refractivity contribution in [2.24, 2.45) is 0 Å². The summed E-state index contributed by atoms with van der Waals surface area (Å²) in [5.41, 5.74) is 5.23. The largest absolute Gasteiger partial charge is 0.496 e. The lowest BCUT2D eigenvalue weighted by atomic mass is 10.0. The van der Waals surface area contributed by atoms with Gasteiger partial charge in [0.15, 0.2) is 6.29 Å². The van der Waals surface area contributed by atoms with E-state index in [2.05, 4.69) is 5.32 Å². The lowest BCUT2D eigenvalue weighted by Gasteiger charge is -2.36. The van der Waals surface area contributed by atoms with Gasteiger partial charge in [0, 0.05) is 42.0 Å². The van der Waals surface area contributed by atoms with Crippen molar-refractivity contribution in [3.63, 3.8) is 0 Å². The van der Waals surface area contributed by atoms with Crippen LogP contribution in [0, 0.1) is 0 Å². The molecule has 0 aromatic heterocycles. The smallest absolute Gasteiger partial charge is 0.243 e. The molecule has 1 aliphatic heterocycles. The molecule has 2 amide bonds. The van der Waals surface area contributed by atoms with Crippen molar-refractivity contribution in [3.8, 4) is 5.75 Å². The quantitative estimate of drug-likeness (QED) is 0.129. The second-order valence-corrected chi connectivity index (χ2v) is 10.8. The maximum absolute atomic E-state index is 12.1. The Morgan fingerprint density at radius 2 is 1.61 bits per heavy atom. The minimum atomic E-state index is -0.573. The molecule has 0 spiro atoms. The van der Waals surface area contributed by atoms with Crippen molar-refractivity contribution in [2.75, 3.05) is 12.9 Å². The van der Waals surface area contributed by atoms with Crippen LogP contribution in [0.25, 0.3) is 0 Å². The number of amides is 2. The highest BCUT2D eigenvalue weighted by Crippen LogP contribution is 2.40. The van der Waals surface area contributed by atoms with Crippen LogP contribution < -0.4 is 15.5 Å². The molecule has 0 bridgehead atoms. The highest BCUT2D eigenvalue weighted by Gasteiger charge is 2.32.